The van der Waals surface area contributed by atoms with Crippen LogP contribution >= 0.6 is 0 Å². The Labute approximate surface area is 237 Å². The molecular formula is C34H27N3O4. The number of carbonyl (C=O) groups is 3. The van der Waals surface area contributed by atoms with Gasteiger partial charge >= 0.3 is 0 Å². The van der Waals surface area contributed by atoms with Crippen LogP contribution in [0.4, 0.5) is 11.4 Å². The highest BCUT2D eigenvalue weighted by atomic mass is 16.5. The molecule has 0 unspecified atom stereocenters. The van der Waals surface area contributed by atoms with Crippen molar-refractivity contribution < 1.29 is 19.1 Å². The zero-order chi connectivity index (χ0) is 28.3. The first kappa shape index (κ1) is 25.0. The average Bonchev–Trinajstić information content (AvgIpc) is 3.49. The summed E-state index contributed by atoms with van der Waals surface area (Å²) < 4.78 is 5.43. The van der Waals surface area contributed by atoms with Crippen molar-refractivity contribution in [1.29, 1.82) is 0 Å². The summed E-state index contributed by atoms with van der Waals surface area (Å²) >= 11 is 0. The number of aromatic nitrogens is 1. The first-order valence-electron chi connectivity index (χ1n) is 13.6. The van der Waals surface area contributed by atoms with Crippen molar-refractivity contribution in [2.75, 3.05) is 17.3 Å². The van der Waals surface area contributed by atoms with Crippen LogP contribution in [0.25, 0.3) is 5.57 Å². The number of ether oxygens (including phenoxy) is 1. The molecule has 4 aromatic rings. The number of fused-ring (bicyclic) bond motifs is 6. The molecular weight excluding hydrogens is 514 g/mol. The first-order valence-corrected chi connectivity index (χ1v) is 13.6. The molecule has 7 heteroatoms. The fraction of sp³-hybridized carbons (Fsp3) is 0.176. The number of methoxy groups -OCH3 is 1. The van der Waals surface area contributed by atoms with Gasteiger partial charge in [-0.25, -0.2) is 0 Å². The lowest BCUT2D eigenvalue weighted by Gasteiger charge is -2.39. The van der Waals surface area contributed by atoms with E-state index in [0.29, 0.717) is 22.6 Å². The van der Waals surface area contributed by atoms with Crippen molar-refractivity contribution >= 4 is 34.4 Å². The summed E-state index contributed by atoms with van der Waals surface area (Å²) in [6, 6.07) is 25.8. The third-order valence-electron chi connectivity index (χ3n) is 8.71. The molecule has 4 heterocycles. The van der Waals surface area contributed by atoms with Gasteiger partial charge in [-0.2, -0.15) is 0 Å². The molecule has 4 atom stereocenters. The van der Waals surface area contributed by atoms with Crippen LogP contribution in [0.1, 0.15) is 38.9 Å². The van der Waals surface area contributed by atoms with Crippen molar-refractivity contribution in [3.05, 3.63) is 126 Å². The molecule has 0 bridgehead atoms. The van der Waals surface area contributed by atoms with Gasteiger partial charge in [0, 0.05) is 28.7 Å². The minimum atomic E-state index is -1.38. The van der Waals surface area contributed by atoms with Gasteiger partial charge in [0.25, 0.3) is 0 Å². The van der Waals surface area contributed by atoms with Crippen molar-refractivity contribution in [3.63, 3.8) is 0 Å². The maximum absolute atomic E-state index is 14.7. The van der Waals surface area contributed by atoms with Crippen LogP contribution < -0.4 is 15.0 Å². The maximum Gasteiger partial charge on any atom is 0.238 e. The van der Waals surface area contributed by atoms with E-state index in [9.17, 15) is 14.4 Å². The van der Waals surface area contributed by atoms with Crippen LogP contribution in [0.5, 0.6) is 5.75 Å². The number of hydrogen-bond donors (Lipinski definition) is 1. The molecule has 1 N–H and O–H groups in total. The summed E-state index contributed by atoms with van der Waals surface area (Å²) in [5.41, 5.74) is 3.35. The average molecular weight is 542 g/mol. The number of carbonyl (C=O) groups excluding carboxylic acids is 3. The van der Waals surface area contributed by atoms with Gasteiger partial charge in [0.05, 0.1) is 19.1 Å². The zero-order valence-corrected chi connectivity index (χ0v) is 22.6. The zero-order valence-electron chi connectivity index (χ0n) is 22.6. The largest absolute Gasteiger partial charge is 0.497 e. The Kier molecular flexibility index (Phi) is 5.64. The predicted octanol–water partition coefficient (Wildman–Crippen LogP) is 5.34. The number of pyridine rings is 1. The maximum atomic E-state index is 14.7. The van der Waals surface area contributed by atoms with E-state index in [0.717, 1.165) is 16.8 Å². The van der Waals surface area contributed by atoms with Crippen LogP contribution in [-0.2, 0) is 10.2 Å². The number of amides is 1. The van der Waals surface area contributed by atoms with Gasteiger partial charge < -0.3 is 15.0 Å². The Hall–Kier alpha value is -5.04. The Balaban J connectivity index is 1.55. The van der Waals surface area contributed by atoms with Gasteiger partial charge in [-0.3, -0.25) is 19.4 Å². The van der Waals surface area contributed by atoms with Gasteiger partial charge in [-0.1, -0.05) is 60.7 Å². The molecule has 7 rings (SSSR count). The van der Waals surface area contributed by atoms with E-state index in [-0.39, 0.29) is 23.2 Å². The van der Waals surface area contributed by atoms with Gasteiger partial charge in [-0.15, -0.1) is 0 Å². The SMILES string of the molecule is COc1cccc(C(=O)[C@@H]2[C@H](C(=O)c3ccccn3)[C@@]3(C(=O)Nc4ccccc43)[C@H]3C=C(C)c4ccccc4N23)c1. The number of rotatable bonds is 5. The quantitative estimate of drug-likeness (QED) is 0.344. The summed E-state index contributed by atoms with van der Waals surface area (Å²) in [4.78, 5) is 50.2. The van der Waals surface area contributed by atoms with Gasteiger partial charge in [0.15, 0.2) is 11.6 Å². The Morgan fingerprint density at radius 1 is 0.927 bits per heavy atom. The topological polar surface area (TPSA) is 88.6 Å². The number of nitrogens with zero attached hydrogens (tertiary/aromatic N) is 2. The van der Waals surface area contributed by atoms with Crippen LogP contribution in [-0.4, -0.2) is 41.7 Å². The van der Waals surface area contributed by atoms with Gasteiger partial charge in [-0.05, 0) is 54.5 Å². The summed E-state index contributed by atoms with van der Waals surface area (Å²) in [5.74, 6) is -1.45. The fourth-order valence-electron chi connectivity index (χ4n) is 7.00. The number of nitrogens with one attached hydrogen (secondary N) is 1. The van der Waals surface area contributed by atoms with Crippen LogP contribution in [0.15, 0.2) is 103 Å². The van der Waals surface area contributed by atoms with Crippen molar-refractivity contribution in [2.24, 2.45) is 5.92 Å². The van der Waals surface area contributed by atoms with Crippen molar-refractivity contribution in [1.82, 2.24) is 4.98 Å². The molecule has 3 aliphatic rings. The van der Waals surface area contributed by atoms with E-state index < -0.39 is 23.4 Å². The van der Waals surface area contributed by atoms with E-state index in [1.165, 1.54) is 0 Å². The standard InChI is InChI=1S/C34H27N3O4/c1-20-18-28-34(24-13-4-5-14-25(24)36-33(34)40)29(32(39)26-15-7-8-17-35-26)30(37(28)27-16-6-3-12-23(20)27)31(38)21-10-9-11-22(19-21)41-2/h3-19,28-30H,1-2H3,(H,36,40)/t28-,29-,30+,34+/m1/s1. The lowest BCUT2D eigenvalue weighted by molar-refractivity contribution is -0.121. The second-order valence-corrected chi connectivity index (χ2v) is 10.7. The Bertz CT molecular complexity index is 1760. The minimum Gasteiger partial charge on any atom is -0.497 e. The van der Waals surface area contributed by atoms with Crippen LogP contribution in [0, 0.1) is 5.92 Å². The van der Waals surface area contributed by atoms with Crippen molar-refractivity contribution in [2.45, 2.75) is 24.4 Å². The molecule has 3 aromatic carbocycles. The molecule has 41 heavy (non-hydrogen) atoms. The molecule has 7 nitrogen and oxygen atoms in total. The van der Waals surface area contributed by atoms with E-state index in [1.54, 1.807) is 55.8 Å². The Morgan fingerprint density at radius 2 is 1.71 bits per heavy atom. The van der Waals surface area contributed by atoms with Gasteiger partial charge in [0.2, 0.25) is 5.91 Å². The highest BCUT2D eigenvalue weighted by Gasteiger charge is 2.70. The van der Waals surface area contributed by atoms with E-state index in [1.807, 2.05) is 66.4 Å². The minimum absolute atomic E-state index is 0.214. The first-order chi connectivity index (χ1) is 20.0. The molecule has 1 spiro atoms. The molecule has 0 aliphatic carbocycles. The Morgan fingerprint density at radius 3 is 2.51 bits per heavy atom. The number of para-hydroxylation sites is 2. The molecule has 1 amide bonds. The monoisotopic (exact) mass is 541 g/mol. The second-order valence-electron chi connectivity index (χ2n) is 10.7. The number of hydrogen-bond acceptors (Lipinski definition) is 6. The van der Waals surface area contributed by atoms with E-state index >= 15 is 0 Å². The summed E-state index contributed by atoms with van der Waals surface area (Å²) in [5, 5.41) is 3.06. The second kappa shape index (κ2) is 9.27. The molecule has 0 saturated carbocycles. The molecule has 202 valence electrons. The van der Waals surface area contributed by atoms with Crippen LogP contribution in [0.3, 0.4) is 0 Å². The normalized spacial score (nSPS) is 23.8. The van der Waals surface area contributed by atoms with Crippen LogP contribution in [0.2, 0.25) is 0 Å². The highest BCUT2D eigenvalue weighted by Crippen LogP contribution is 2.58. The molecule has 0 radical (unpaired) electrons. The molecule has 1 saturated heterocycles. The number of ketones is 2. The number of benzene rings is 3. The lowest BCUT2D eigenvalue weighted by Crippen LogP contribution is -2.51. The summed E-state index contributed by atoms with van der Waals surface area (Å²) in [6.45, 7) is 2.01. The van der Waals surface area contributed by atoms with Gasteiger partial charge in [0.1, 0.15) is 22.9 Å². The van der Waals surface area contributed by atoms with Crippen molar-refractivity contribution in [3.8, 4) is 5.75 Å². The number of allylic oxidation sites excluding steroid dienone is 1. The predicted molar refractivity (Wildman–Crippen MR) is 156 cm³/mol. The summed E-state index contributed by atoms with van der Waals surface area (Å²) in [6.07, 6.45) is 3.60. The molecule has 1 aromatic heterocycles. The third-order valence-corrected chi connectivity index (χ3v) is 8.71. The lowest BCUT2D eigenvalue weighted by atomic mass is 9.64. The summed E-state index contributed by atoms with van der Waals surface area (Å²) in [7, 11) is 1.55. The van der Waals surface area contributed by atoms with E-state index in [4.69, 9.17) is 4.74 Å². The number of Topliss-reactive ketones (excluding diaryl/α,β-unsaturated/α-hetero) is 2. The highest BCUT2D eigenvalue weighted by molar-refractivity contribution is 6.18. The molecule has 3 aliphatic heterocycles. The fourth-order valence-corrected chi connectivity index (χ4v) is 7.00. The molecule has 1 fully saturated rings. The third kappa shape index (κ3) is 3.45. The van der Waals surface area contributed by atoms with E-state index in [2.05, 4.69) is 10.3 Å². The number of anilines is 2. The smallest absolute Gasteiger partial charge is 0.238 e.